The lowest BCUT2D eigenvalue weighted by molar-refractivity contribution is -0.144. The highest BCUT2D eigenvalue weighted by atomic mass is 35.5. The monoisotopic (exact) mass is 626 g/mol. The molecular weight excluding hydrogens is 583 g/mol. The second kappa shape index (κ2) is 14.0. The summed E-state index contributed by atoms with van der Waals surface area (Å²) in [7, 11) is 0. The zero-order valence-electron chi connectivity index (χ0n) is 24.5. The van der Waals surface area contributed by atoms with E-state index >= 15 is 0 Å². The zero-order valence-corrected chi connectivity index (χ0v) is 26.1. The SMILES string of the molecule is C=CCNC(=O)C(=O)C(CCC)NC(=O)C1C2C(CN1C(=O)C(NC(=O)OC1CCC(C)C1)C1CCCCC1)C2(Cl)Cl. The number of halogens is 2. The number of nitrogens with one attached hydrogen (secondary N) is 3. The average Bonchev–Trinajstić information content (AvgIpc) is 3.30. The molecule has 4 amide bonds. The van der Waals surface area contributed by atoms with Crippen molar-refractivity contribution >= 4 is 52.8 Å². The number of Topliss-reactive ketones (excluding diaryl/α,β-unsaturated/α-hetero) is 1. The molecule has 10 nitrogen and oxygen atoms in total. The second-order valence-electron chi connectivity index (χ2n) is 12.4. The number of amides is 4. The quantitative estimate of drug-likeness (QED) is 0.172. The van der Waals surface area contributed by atoms with Crippen LogP contribution in [-0.2, 0) is 23.9 Å². The maximum absolute atomic E-state index is 14.2. The number of likely N-dealkylation sites (tertiary alicyclic amines) is 1. The van der Waals surface area contributed by atoms with Gasteiger partial charge in [0.1, 0.15) is 22.5 Å². The van der Waals surface area contributed by atoms with Crippen LogP contribution in [0.15, 0.2) is 12.7 Å². The number of ketones is 1. The van der Waals surface area contributed by atoms with Gasteiger partial charge < -0.3 is 25.6 Å². The van der Waals surface area contributed by atoms with E-state index in [-0.39, 0.29) is 43.4 Å². The Morgan fingerprint density at radius 3 is 2.40 bits per heavy atom. The minimum atomic E-state index is -1.18. The molecule has 0 aromatic rings. The van der Waals surface area contributed by atoms with Gasteiger partial charge in [0.05, 0.1) is 6.04 Å². The van der Waals surface area contributed by atoms with Crippen LogP contribution in [0.2, 0.25) is 0 Å². The molecule has 3 N–H and O–H groups in total. The van der Waals surface area contributed by atoms with Crippen LogP contribution in [0.4, 0.5) is 4.79 Å². The van der Waals surface area contributed by atoms with Crippen LogP contribution in [0, 0.1) is 23.7 Å². The molecule has 4 aliphatic rings. The molecule has 0 spiro atoms. The Morgan fingerprint density at radius 1 is 1.07 bits per heavy atom. The van der Waals surface area contributed by atoms with Gasteiger partial charge in [-0.2, -0.15) is 0 Å². The first-order valence-electron chi connectivity index (χ1n) is 15.4. The summed E-state index contributed by atoms with van der Waals surface area (Å²) in [4.78, 5) is 67.6. The lowest BCUT2D eigenvalue weighted by atomic mass is 9.83. The maximum atomic E-state index is 14.2. The molecule has 3 saturated carbocycles. The van der Waals surface area contributed by atoms with Gasteiger partial charge in [-0.3, -0.25) is 19.2 Å². The van der Waals surface area contributed by atoms with E-state index in [2.05, 4.69) is 29.5 Å². The van der Waals surface area contributed by atoms with Gasteiger partial charge >= 0.3 is 6.09 Å². The number of carbonyl (C=O) groups excluding carboxylic acids is 5. The minimum Gasteiger partial charge on any atom is -0.446 e. The van der Waals surface area contributed by atoms with Crippen LogP contribution >= 0.6 is 23.2 Å². The van der Waals surface area contributed by atoms with Crippen molar-refractivity contribution in [2.24, 2.45) is 23.7 Å². The van der Waals surface area contributed by atoms with Crippen molar-refractivity contribution in [3.63, 3.8) is 0 Å². The van der Waals surface area contributed by atoms with Crippen molar-refractivity contribution in [1.29, 1.82) is 0 Å². The highest BCUT2D eigenvalue weighted by Gasteiger charge is 2.74. The normalized spacial score (nSPS) is 29.5. The van der Waals surface area contributed by atoms with Crippen molar-refractivity contribution in [2.45, 2.75) is 107 Å². The fourth-order valence-electron chi connectivity index (χ4n) is 6.96. The number of piperidine rings is 1. The lowest BCUT2D eigenvalue weighted by Crippen LogP contribution is -2.59. The Bertz CT molecular complexity index is 1060. The molecule has 0 radical (unpaired) electrons. The van der Waals surface area contributed by atoms with Crippen molar-refractivity contribution in [3.8, 4) is 0 Å². The molecule has 234 valence electrons. The summed E-state index contributed by atoms with van der Waals surface area (Å²) in [5, 5.41) is 8.03. The summed E-state index contributed by atoms with van der Waals surface area (Å²) in [6, 6.07) is -2.97. The Kier molecular flexibility index (Phi) is 10.8. The molecule has 0 aromatic carbocycles. The van der Waals surface area contributed by atoms with Crippen molar-refractivity contribution in [2.75, 3.05) is 13.1 Å². The molecule has 1 aliphatic heterocycles. The number of alkyl halides is 2. The van der Waals surface area contributed by atoms with Gasteiger partial charge in [0.25, 0.3) is 5.91 Å². The number of hydrogen-bond donors (Lipinski definition) is 3. The molecule has 3 aliphatic carbocycles. The van der Waals surface area contributed by atoms with E-state index in [0.29, 0.717) is 12.3 Å². The van der Waals surface area contributed by atoms with E-state index in [4.69, 9.17) is 27.9 Å². The Hall–Kier alpha value is -2.33. The molecule has 12 heteroatoms. The van der Waals surface area contributed by atoms with Crippen molar-refractivity contribution in [3.05, 3.63) is 12.7 Å². The van der Waals surface area contributed by atoms with E-state index in [1.54, 1.807) is 0 Å². The van der Waals surface area contributed by atoms with Crippen LogP contribution in [-0.4, -0.2) is 76.2 Å². The summed E-state index contributed by atoms with van der Waals surface area (Å²) in [5.74, 6) is -3.03. The van der Waals surface area contributed by atoms with Crippen LogP contribution < -0.4 is 16.0 Å². The van der Waals surface area contributed by atoms with Gasteiger partial charge in [-0.05, 0) is 50.4 Å². The van der Waals surface area contributed by atoms with E-state index in [1.807, 2.05) is 6.92 Å². The number of rotatable bonds is 12. The van der Waals surface area contributed by atoms with Gasteiger partial charge in [0.15, 0.2) is 0 Å². The number of nitrogens with zero attached hydrogens (tertiary/aromatic N) is 1. The molecule has 0 bridgehead atoms. The summed E-state index contributed by atoms with van der Waals surface area (Å²) in [6.45, 7) is 7.76. The summed E-state index contributed by atoms with van der Waals surface area (Å²) in [6.07, 6.45) is 8.53. The largest absolute Gasteiger partial charge is 0.446 e. The molecule has 1 heterocycles. The fraction of sp³-hybridized carbons (Fsp3) is 0.767. The van der Waals surface area contributed by atoms with Crippen LogP contribution in [0.3, 0.4) is 0 Å². The average molecular weight is 628 g/mol. The molecule has 0 aromatic heterocycles. The van der Waals surface area contributed by atoms with Gasteiger partial charge in [-0.1, -0.05) is 45.6 Å². The topological polar surface area (TPSA) is 134 Å². The number of fused-ring (bicyclic) bond motifs is 1. The molecule has 42 heavy (non-hydrogen) atoms. The van der Waals surface area contributed by atoms with Gasteiger partial charge in [0, 0.05) is 24.9 Å². The predicted molar refractivity (Wildman–Crippen MR) is 159 cm³/mol. The standard InChI is InChI=1S/C30H44Cl2N4O6/c1-4-9-21(25(37)27(39)33-14-5-2)34-26(38)24-22-20(30(22,31)32)16-36(24)28(40)23(18-10-7-6-8-11-18)35-29(41)42-19-13-12-17(3)15-19/h5,17-24H,2,4,6-16H2,1,3H3,(H,33,39)(H,34,38)(H,35,41). The van der Waals surface area contributed by atoms with Crippen LogP contribution in [0.1, 0.15) is 78.1 Å². The Balaban J connectivity index is 1.52. The summed E-state index contributed by atoms with van der Waals surface area (Å²) >= 11 is 13.0. The maximum Gasteiger partial charge on any atom is 0.408 e. The predicted octanol–water partition coefficient (Wildman–Crippen LogP) is 3.64. The fourth-order valence-corrected chi connectivity index (χ4v) is 7.79. The van der Waals surface area contributed by atoms with Crippen molar-refractivity contribution < 1.29 is 28.7 Å². The summed E-state index contributed by atoms with van der Waals surface area (Å²) in [5.41, 5.74) is 0. The van der Waals surface area contributed by atoms with Crippen LogP contribution in [0.5, 0.6) is 0 Å². The number of ether oxygens (including phenoxy) is 1. The van der Waals surface area contributed by atoms with Gasteiger partial charge in [-0.15, -0.1) is 29.8 Å². The Morgan fingerprint density at radius 2 is 1.79 bits per heavy atom. The third-order valence-electron chi connectivity index (χ3n) is 9.31. The number of carbonyl (C=O) groups is 5. The van der Waals surface area contributed by atoms with E-state index < -0.39 is 52.1 Å². The number of hydrogen-bond acceptors (Lipinski definition) is 6. The molecule has 4 rings (SSSR count). The van der Waals surface area contributed by atoms with E-state index in [0.717, 1.165) is 51.4 Å². The molecule has 7 unspecified atom stereocenters. The third-order valence-corrected chi connectivity index (χ3v) is 10.4. The van der Waals surface area contributed by atoms with E-state index in [1.165, 1.54) is 11.0 Å². The minimum absolute atomic E-state index is 0.0957. The zero-order chi connectivity index (χ0) is 30.6. The lowest BCUT2D eigenvalue weighted by Gasteiger charge is -2.36. The summed E-state index contributed by atoms with van der Waals surface area (Å²) < 4.78 is 4.50. The van der Waals surface area contributed by atoms with Gasteiger partial charge in [-0.25, -0.2) is 4.79 Å². The highest BCUT2D eigenvalue weighted by Crippen LogP contribution is 2.65. The van der Waals surface area contributed by atoms with E-state index in [9.17, 15) is 24.0 Å². The van der Waals surface area contributed by atoms with Crippen LogP contribution in [0.25, 0.3) is 0 Å². The molecule has 1 saturated heterocycles. The number of alkyl carbamates (subject to hydrolysis) is 1. The molecule has 4 fully saturated rings. The molecular formula is C30H44Cl2N4O6. The first kappa shape index (κ1) is 32.6. The highest BCUT2D eigenvalue weighted by molar-refractivity contribution is 6.51. The Labute approximate surface area is 258 Å². The smallest absolute Gasteiger partial charge is 0.408 e. The first-order chi connectivity index (χ1) is 20.0. The van der Waals surface area contributed by atoms with Crippen molar-refractivity contribution in [1.82, 2.24) is 20.9 Å². The van der Waals surface area contributed by atoms with Gasteiger partial charge in [0.2, 0.25) is 17.6 Å². The third kappa shape index (κ3) is 7.24. The molecule has 7 atom stereocenters. The second-order valence-corrected chi connectivity index (χ2v) is 13.9. The first-order valence-corrected chi connectivity index (χ1v) is 16.1.